The average Bonchev–Trinajstić information content (AvgIpc) is 2.58. The molecular weight excluding hydrogens is 312 g/mol. The lowest BCUT2D eigenvalue weighted by Gasteiger charge is -1.95. The topological polar surface area (TPSA) is 111 Å². The van der Waals surface area contributed by atoms with Gasteiger partial charge in [0.1, 0.15) is 0 Å². The molecule has 24 heavy (non-hydrogen) atoms. The maximum absolute atomic E-state index is 10.7. The quantitative estimate of drug-likeness (QED) is 0.337. The number of hydrogen-bond donors (Lipinski definition) is 0. The van der Waals surface area contributed by atoms with Gasteiger partial charge in [-0.05, 0) is 11.1 Å². The Balaban J connectivity index is 1.86. The molecule has 0 aliphatic carbocycles. The third-order valence-electron chi connectivity index (χ3n) is 3.00. The molecule has 122 valence electrons. The van der Waals surface area contributed by atoms with Crippen molar-refractivity contribution in [3.8, 4) is 0 Å². The van der Waals surface area contributed by atoms with Crippen molar-refractivity contribution in [1.29, 1.82) is 0 Å². The summed E-state index contributed by atoms with van der Waals surface area (Å²) in [5, 5.41) is 21.3. The molecule has 8 heteroatoms. The van der Waals surface area contributed by atoms with Crippen LogP contribution in [0.15, 0.2) is 58.5 Å². The fourth-order valence-corrected chi connectivity index (χ4v) is 1.89. The number of non-ortho nitro benzene ring substituents is 2. The van der Waals surface area contributed by atoms with E-state index in [1.807, 2.05) is 0 Å². The number of aliphatic imine (C=N–C) groups is 2. The Kier molecular flexibility index (Phi) is 5.84. The molecule has 0 radical (unpaired) electrons. The van der Waals surface area contributed by atoms with Crippen LogP contribution in [0.5, 0.6) is 0 Å². The number of nitro benzene ring substituents is 2. The summed E-state index contributed by atoms with van der Waals surface area (Å²) in [6.07, 6.45) is 3.10. The van der Waals surface area contributed by atoms with Crippen LogP contribution in [0.25, 0.3) is 0 Å². The minimum absolute atomic E-state index is 0.0163. The molecule has 0 aromatic heterocycles. The van der Waals surface area contributed by atoms with Crippen LogP contribution >= 0.6 is 0 Å². The fourth-order valence-electron chi connectivity index (χ4n) is 1.89. The monoisotopic (exact) mass is 326 g/mol. The molecule has 0 atom stereocenters. The van der Waals surface area contributed by atoms with Gasteiger partial charge >= 0.3 is 0 Å². The van der Waals surface area contributed by atoms with Gasteiger partial charge in [-0.25, -0.2) is 0 Å². The Bertz CT molecular complexity index is 735. The van der Waals surface area contributed by atoms with Crippen molar-refractivity contribution in [1.82, 2.24) is 0 Å². The van der Waals surface area contributed by atoms with Gasteiger partial charge in [-0.3, -0.25) is 30.2 Å². The van der Waals surface area contributed by atoms with E-state index in [1.165, 1.54) is 24.3 Å². The van der Waals surface area contributed by atoms with E-state index in [-0.39, 0.29) is 11.4 Å². The van der Waals surface area contributed by atoms with E-state index >= 15 is 0 Å². The smallest absolute Gasteiger partial charge is 0.270 e. The second-order valence-corrected chi connectivity index (χ2v) is 4.77. The van der Waals surface area contributed by atoms with Crippen molar-refractivity contribution < 1.29 is 9.85 Å². The Hall–Kier alpha value is -3.42. The SMILES string of the molecule is O=[N+]([O-])c1cccc(/C=N\CC/N=C\c2cccc([N+](=O)[O-])c2)c1. The second kappa shape index (κ2) is 8.28. The first-order chi connectivity index (χ1) is 11.6. The largest absolute Gasteiger partial charge is 0.291 e. The normalized spacial score (nSPS) is 11.2. The third kappa shape index (κ3) is 5.09. The van der Waals surface area contributed by atoms with Crippen LogP contribution in [0, 0.1) is 20.2 Å². The Morgan fingerprint density at radius 3 is 1.58 bits per heavy atom. The summed E-state index contributed by atoms with van der Waals surface area (Å²) in [6, 6.07) is 12.4. The number of hydrogen-bond acceptors (Lipinski definition) is 6. The van der Waals surface area contributed by atoms with E-state index in [9.17, 15) is 20.2 Å². The van der Waals surface area contributed by atoms with Gasteiger partial charge in [-0.15, -0.1) is 0 Å². The summed E-state index contributed by atoms with van der Waals surface area (Å²) in [4.78, 5) is 28.7. The highest BCUT2D eigenvalue weighted by molar-refractivity contribution is 5.81. The van der Waals surface area contributed by atoms with Crippen LogP contribution in [-0.2, 0) is 0 Å². The first kappa shape index (κ1) is 16.9. The summed E-state index contributed by atoms with van der Waals surface area (Å²) < 4.78 is 0. The average molecular weight is 326 g/mol. The highest BCUT2D eigenvalue weighted by atomic mass is 16.6. The first-order valence-corrected chi connectivity index (χ1v) is 7.05. The van der Waals surface area contributed by atoms with Crippen molar-refractivity contribution in [3.05, 3.63) is 79.9 Å². The molecule has 0 N–H and O–H groups in total. The second-order valence-electron chi connectivity index (χ2n) is 4.77. The summed E-state index contributed by atoms with van der Waals surface area (Å²) in [5.41, 5.74) is 1.32. The molecule has 0 spiro atoms. The molecule has 2 rings (SSSR count). The summed E-state index contributed by atoms with van der Waals surface area (Å²) in [7, 11) is 0. The fraction of sp³-hybridized carbons (Fsp3) is 0.125. The van der Waals surface area contributed by atoms with Gasteiger partial charge in [-0.2, -0.15) is 0 Å². The molecule has 0 bridgehead atoms. The summed E-state index contributed by atoms with van der Waals surface area (Å²) in [6.45, 7) is 0.822. The third-order valence-corrected chi connectivity index (χ3v) is 3.00. The predicted octanol–water partition coefficient (Wildman–Crippen LogP) is 3.04. The molecule has 0 saturated carbocycles. The predicted molar refractivity (Wildman–Crippen MR) is 91.1 cm³/mol. The van der Waals surface area contributed by atoms with Crippen LogP contribution < -0.4 is 0 Å². The molecule has 2 aromatic rings. The standard InChI is InChI=1S/C16H14N4O4/c21-19(22)15-5-1-3-13(9-15)11-17-7-8-18-12-14-4-2-6-16(10-14)20(23)24/h1-6,9-12H,7-8H2/b17-11-,18-12-. The van der Waals surface area contributed by atoms with E-state index < -0.39 is 9.85 Å². The van der Waals surface area contributed by atoms with Crippen LogP contribution in [0.4, 0.5) is 11.4 Å². The summed E-state index contributed by atoms with van der Waals surface area (Å²) in [5.74, 6) is 0. The number of benzene rings is 2. The molecule has 0 unspecified atom stereocenters. The molecule has 8 nitrogen and oxygen atoms in total. The van der Waals surface area contributed by atoms with Gasteiger partial charge < -0.3 is 0 Å². The Morgan fingerprint density at radius 2 is 1.21 bits per heavy atom. The Labute approximate surface area is 137 Å². The van der Waals surface area contributed by atoms with E-state index in [2.05, 4.69) is 9.98 Å². The zero-order valence-corrected chi connectivity index (χ0v) is 12.6. The minimum Gasteiger partial charge on any atom is -0.291 e. The number of nitrogens with zero attached hydrogens (tertiary/aromatic N) is 4. The molecule has 0 heterocycles. The lowest BCUT2D eigenvalue weighted by molar-refractivity contribution is -0.385. The Morgan fingerprint density at radius 1 is 0.792 bits per heavy atom. The van der Waals surface area contributed by atoms with Crippen LogP contribution in [-0.4, -0.2) is 35.4 Å². The lowest BCUT2D eigenvalue weighted by Crippen LogP contribution is -1.93. The van der Waals surface area contributed by atoms with Crippen molar-refractivity contribution in [2.45, 2.75) is 0 Å². The molecule has 0 amide bonds. The van der Waals surface area contributed by atoms with Crippen molar-refractivity contribution in [3.63, 3.8) is 0 Å². The molecule has 0 saturated heterocycles. The van der Waals surface area contributed by atoms with E-state index in [1.54, 1.807) is 36.7 Å². The van der Waals surface area contributed by atoms with Gasteiger partial charge in [0.15, 0.2) is 0 Å². The maximum atomic E-state index is 10.7. The van der Waals surface area contributed by atoms with Gasteiger partial charge in [0.25, 0.3) is 11.4 Å². The van der Waals surface area contributed by atoms with Gasteiger partial charge in [0.05, 0.1) is 22.9 Å². The zero-order chi connectivity index (χ0) is 17.4. The number of nitro groups is 2. The molecular formula is C16H14N4O4. The van der Waals surface area contributed by atoms with Crippen LogP contribution in [0.2, 0.25) is 0 Å². The van der Waals surface area contributed by atoms with Gasteiger partial charge in [0, 0.05) is 36.7 Å². The van der Waals surface area contributed by atoms with Crippen LogP contribution in [0.1, 0.15) is 11.1 Å². The van der Waals surface area contributed by atoms with Crippen molar-refractivity contribution in [2.24, 2.45) is 9.98 Å². The maximum Gasteiger partial charge on any atom is 0.270 e. The highest BCUT2D eigenvalue weighted by Gasteiger charge is 2.04. The molecule has 0 fully saturated rings. The van der Waals surface area contributed by atoms with E-state index in [0.717, 1.165) is 0 Å². The number of rotatable bonds is 7. The van der Waals surface area contributed by atoms with Gasteiger partial charge in [-0.1, -0.05) is 24.3 Å². The molecule has 0 aliphatic heterocycles. The zero-order valence-electron chi connectivity index (χ0n) is 12.6. The highest BCUT2D eigenvalue weighted by Crippen LogP contribution is 2.12. The lowest BCUT2D eigenvalue weighted by atomic mass is 10.2. The van der Waals surface area contributed by atoms with Gasteiger partial charge in [0.2, 0.25) is 0 Å². The minimum atomic E-state index is -0.458. The van der Waals surface area contributed by atoms with Crippen LogP contribution in [0.3, 0.4) is 0 Å². The van der Waals surface area contributed by atoms with E-state index in [0.29, 0.717) is 24.2 Å². The molecule has 2 aromatic carbocycles. The van der Waals surface area contributed by atoms with E-state index in [4.69, 9.17) is 0 Å². The summed E-state index contributed by atoms with van der Waals surface area (Å²) >= 11 is 0. The molecule has 0 aliphatic rings. The first-order valence-electron chi connectivity index (χ1n) is 7.05. The van der Waals surface area contributed by atoms with Crippen molar-refractivity contribution >= 4 is 23.8 Å². The van der Waals surface area contributed by atoms with Crippen molar-refractivity contribution in [2.75, 3.05) is 13.1 Å².